The first kappa shape index (κ1) is 14.5. The van der Waals surface area contributed by atoms with Crippen molar-refractivity contribution in [3.63, 3.8) is 0 Å². The highest BCUT2D eigenvalue weighted by atomic mass is 16.6. The number of piperidine rings is 1. The zero-order valence-corrected chi connectivity index (χ0v) is 11.5. The van der Waals surface area contributed by atoms with Gasteiger partial charge in [0.1, 0.15) is 4.92 Å². The minimum Gasteiger partial charge on any atom is -0.395 e. The van der Waals surface area contributed by atoms with Gasteiger partial charge in [0, 0.05) is 13.1 Å². The third-order valence-corrected chi connectivity index (χ3v) is 3.69. The zero-order chi connectivity index (χ0) is 14.5. The first-order valence-corrected chi connectivity index (χ1v) is 6.80. The summed E-state index contributed by atoms with van der Waals surface area (Å²) in [4.78, 5) is 23.8. The van der Waals surface area contributed by atoms with Gasteiger partial charge >= 0.3 is 5.88 Å². The van der Waals surface area contributed by atoms with Crippen LogP contribution in [0.25, 0.3) is 0 Å². The van der Waals surface area contributed by atoms with Crippen molar-refractivity contribution in [1.29, 1.82) is 0 Å². The average molecular weight is 281 g/mol. The molecule has 7 heteroatoms. The molecule has 1 saturated heterocycles. The molecule has 0 atom stereocenters. The van der Waals surface area contributed by atoms with Gasteiger partial charge in [0.2, 0.25) is 0 Å². The first-order chi connectivity index (χ1) is 9.61. The number of carbonyl (C=O) groups excluding carboxylic acids is 1. The monoisotopic (exact) mass is 281 g/mol. The standard InChI is InChI=1S/C13H19N3O4/c1-14-7-4-10-5-8-15(9-6-10)13(17)11-2-3-12(20-11)16(18)19/h2-3,10,14H,4-9H2,1H3. The van der Waals surface area contributed by atoms with Gasteiger partial charge in [-0.1, -0.05) is 0 Å². The minimum atomic E-state index is -0.638. The van der Waals surface area contributed by atoms with Gasteiger partial charge in [0.25, 0.3) is 5.91 Å². The molecule has 0 bridgehead atoms. The van der Waals surface area contributed by atoms with Crippen LogP contribution < -0.4 is 5.32 Å². The lowest BCUT2D eigenvalue weighted by atomic mass is 9.93. The van der Waals surface area contributed by atoms with Crippen molar-refractivity contribution in [2.45, 2.75) is 19.3 Å². The van der Waals surface area contributed by atoms with E-state index < -0.39 is 10.8 Å². The third-order valence-electron chi connectivity index (χ3n) is 3.69. The summed E-state index contributed by atoms with van der Waals surface area (Å²) in [7, 11) is 1.93. The van der Waals surface area contributed by atoms with Gasteiger partial charge in [-0.15, -0.1) is 0 Å². The second-order valence-corrected chi connectivity index (χ2v) is 5.02. The summed E-state index contributed by atoms with van der Waals surface area (Å²) in [5.41, 5.74) is 0. The van der Waals surface area contributed by atoms with E-state index in [2.05, 4.69) is 5.32 Å². The van der Waals surface area contributed by atoms with Crippen LogP contribution in [-0.2, 0) is 0 Å². The molecule has 1 amide bonds. The zero-order valence-electron chi connectivity index (χ0n) is 11.5. The van der Waals surface area contributed by atoms with Crippen LogP contribution in [0.2, 0.25) is 0 Å². The Kier molecular flexibility index (Phi) is 4.73. The lowest BCUT2D eigenvalue weighted by molar-refractivity contribution is -0.402. The third kappa shape index (κ3) is 3.36. The summed E-state index contributed by atoms with van der Waals surface area (Å²) in [6, 6.07) is 2.58. The van der Waals surface area contributed by atoms with Crippen LogP contribution in [0.5, 0.6) is 0 Å². The van der Waals surface area contributed by atoms with Crippen molar-refractivity contribution >= 4 is 11.8 Å². The molecule has 1 aromatic heterocycles. The molecule has 1 aliphatic rings. The van der Waals surface area contributed by atoms with E-state index in [0.717, 1.165) is 25.8 Å². The minimum absolute atomic E-state index is 0.0466. The van der Waals surface area contributed by atoms with Gasteiger partial charge in [-0.25, -0.2) is 0 Å². The summed E-state index contributed by atoms with van der Waals surface area (Å²) >= 11 is 0. The van der Waals surface area contributed by atoms with Crippen LogP contribution in [0.3, 0.4) is 0 Å². The lowest BCUT2D eigenvalue weighted by Gasteiger charge is -2.31. The summed E-state index contributed by atoms with van der Waals surface area (Å²) in [6.45, 7) is 2.35. The van der Waals surface area contributed by atoms with Crippen LogP contribution in [0.4, 0.5) is 5.88 Å². The van der Waals surface area contributed by atoms with Crippen molar-refractivity contribution in [2.75, 3.05) is 26.7 Å². The molecule has 0 aliphatic carbocycles. The Morgan fingerprint density at radius 1 is 1.50 bits per heavy atom. The van der Waals surface area contributed by atoms with Gasteiger partial charge in [-0.05, 0) is 44.8 Å². The summed E-state index contributed by atoms with van der Waals surface area (Å²) < 4.78 is 4.95. The smallest absolute Gasteiger partial charge is 0.395 e. The average Bonchev–Trinajstić information content (AvgIpc) is 2.95. The maximum absolute atomic E-state index is 12.2. The normalized spacial score (nSPS) is 16.4. The molecule has 20 heavy (non-hydrogen) atoms. The number of carbonyl (C=O) groups is 1. The van der Waals surface area contributed by atoms with Crippen molar-refractivity contribution in [3.8, 4) is 0 Å². The van der Waals surface area contributed by atoms with Crippen LogP contribution in [-0.4, -0.2) is 42.4 Å². The van der Waals surface area contributed by atoms with E-state index in [1.54, 1.807) is 4.90 Å². The molecule has 0 aromatic carbocycles. The fraction of sp³-hybridized carbons (Fsp3) is 0.615. The van der Waals surface area contributed by atoms with Crippen LogP contribution in [0, 0.1) is 16.0 Å². The number of nitro groups is 1. The predicted octanol–water partition coefficient (Wildman–Crippen LogP) is 1.65. The van der Waals surface area contributed by atoms with E-state index in [4.69, 9.17) is 4.42 Å². The Balaban J connectivity index is 1.89. The number of nitrogens with zero attached hydrogens (tertiary/aromatic N) is 2. The second kappa shape index (κ2) is 6.51. The molecule has 1 aliphatic heterocycles. The predicted molar refractivity (Wildman–Crippen MR) is 72.5 cm³/mol. The highest BCUT2D eigenvalue weighted by Crippen LogP contribution is 2.23. The Morgan fingerprint density at radius 2 is 2.20 bits per heavy atom. The number of rotatable bonds is 5. The maximum atomic E-state index is 12.2. The molecule has 1 fully saturated rings. The topological polar surface area (TPSA) is 88.6 Å². The van der Waals surface area contributed by atoms with Crippen molar-refractivity contribution < 1.29 is 14.1 Å². The summed E-state index contributed by atoms with van der Waals surface area (Å²) in [6.07, 6.45) is 3.05. The van der Waals surface area contributed by atoms with Crippen LogP contribution in [0.15, 0.2) is 16.5 Å². The number of furan rings is 1. The van der Waals surface area contributed by atoms with E-state index >= 15 is 0 Å². The number of hydrogen-bond acceptors (Lipinski definition) is 5. The first-order valence-electron chi connectivity index (χ1n) is 6.80. The van der Waals surface area contributed by atoms with E-state index in [-0.39, 0.29) is 11.7 Å². The highest BCUT2D eigenvalue weighted by molar-refractivity contribution is 5.91. The number of hydrogen-bond donors (Lipinski definition) is 1. The van der Waals surface area contributed by atoms with Gasteiger partial charge in [0.05, 0.1) is 6.07 Å². The van der Waals surface area contributed by atoms with Crippen LogP contribution >= 0.6 is 0 Å². The molecule has 1 aromatic rings. The number of amides is 1. The summed E-state index contributed by atoms with van der Waals surface area (Å²) in [5, 5.41) is 13.7. The van der Waals surface area contributed by atoms with Crippen molar-refractivity contribution in [1.82, 2.24) is 10.2 Å². The van der Waals surface area contributed by atoms with E-state index in [0.29, 0.717) is 19.0 Å². The Morgan fingerprint density at radius 3 is 2.75 bits per heavy atom. The number of likely N-dealkylation sites (tertiary alicyclic amines) is 1. The molecule has 2 heterocycles. The van der Waals surface area contributed by atoms with Crippen molar-refractivity contribution in [2.24, 2.45) is 5.92 Å². The fourth-order valence-electron chi connectivity index (χ4n) is 2.47. The quantitative estimate of drug-likeness (QED) is 0.655. The molecular weight excluding hydrogens is 262 g/mol. The molecule has 2 rings (SSSR count). The fourth-order valence-corrected chi connectivity index (χ4v) is 2.47. The summed E-state index contributed by atoms with van der Waals surface area (Å²) in [5.74, 6) is 0.0326. The molecule has 0 radical (unpaired) electrons. The van der Waals surface area contributed by atoms with Crippen molar-refractivity contribution in [3.05, 3.63) is 28.0 Å². The van der Waals surface area contributed by atoms with E-state index in [1.807, 2.05) is 7.05 Å². The molecular formula is C13H19N3O4. The van der Waals surface area contributed by atoms with Crippen LogP contribution in [0.1, 0.15) is 29.8 Å². The maximum Gasteiger partial charge on any atom is 0.433 e. The molecule has 110 valence electrons. The Bertz CT molecular complexity index is 478. The largest absolute Gasteiger partial charge is 0.433 e. The molecule has 7 nitrogen and oxygen atoms in total. The Labute approximate surface area is 117 Å². The molecule has 1 N–H and O–H groups in total. The van der Waals surface area contributed by atoms with Gasteiger partial charge in [0.15, 0.2) is 5.76 Å². The highest BCUT2D eigenvalue weighted by Gasteiger charge is 2.26. The second-order valence-electron chi connectivity index (χ2n) is 5.02. The Hall–Kier alpha value is -1.89. The number of nitrogens with one attached hydrogen (secondary N) is 1. The van der Waals surface area contributed by atoms with E-state index in [9.17, 15) is 14.9 Å². The molecule has 0 spiro atoms. The van der Waals surface area contributed by atoms with Gasteiger partial charge in [-0.2, -0.15) is 0 Å². The molecule has 0 unspecified atom stereocenters. The van der Waals surface area contributed by atoms with E-state index in [1.165, 1.54) is 12.1 Å². The molecule has 0 saturated carbocycles. The SMILES string of the molecule is CNCCC1CCN(C(=O)c2ccc([N+](=O)[O-])o2)CC1. The van der Waals surface area contributed by atoms with Gasteiger partial charge < -0.3 is 14.6 Å². The lowest BCUT2D eigenvalue weighted by Crippen LogP contribution is -2.38. The van der Waals surface area contributed by atoms with Gasteiger partial charge in [-0.3, -0.25) is 14.9 Å².